The number of carboxylic acids is 1. The number of benzene rings is 1. The van der Waals surface area contributed by atoms with Gasteiger partial charge in [-0.3, -0.25) is 0 Å². The SMILES string of the molecule is CCN(C(=O)Nc1ccccc1OCC(=O)O)C1CC1. The largest absolute Gasteiger partial charge is 0.480 e. The van der Waals surface area contributed by atoms with E-state index < -0.39 is 12.6 Å². The van der Waals surface area contributed by atoms with Crippen molar-refractivity contribution in [2.75, 3.05) is 18.5 Å². The standard InChI is InChI=1S/C14H18N2O4/c1-2-16(10-7-8-10)14(19)15-11-5-3-4-6-12(11)20-9-13(17)18/h3-6,10H,2,7-9H2,1H3,(H,15,19)(H,17,18). The number of ether oxygens (including phenoxy) is 1. The Bertz CT molecular complexity index is 500. The molecule has 0 saturated heterocycles. The summed E-state index contributed by atoms with van der Waals surface area (Å²) in [6.45, 7) is 2.15. The summed E-state index contributed by atoms with van der Waals surface area (Å²) in [7, 11) is 0. The molecule has 2 N–H and O–H groups in total. The first-order valence-corrected chi connectivity index (χ1v) is 6.63. The van der Waals surface area contributed by atoms with E-state index in [0.717, 1.165) is 12.8 Å². The van der Waals surface area contributed by atoms with Crippen LogP contribution in [0.5, 0.6) is 5.75 Å². The molecule has 0 heterocycles. The van der Waals surface area contributed by atoms with Crippen molar-refractivity contribution in [1.82, 2.24) is 4.90 Å². The second-order valence-corrected chi connectivity index (χ2v) is 4.63. The average molecular weight is 278 g/mol. The van der Waals surface area contributed by atoms with Crippen LogP contribution in [0.4, 0.5) is 10.5 Å². The van der Waals surface area contributed by atoms with Crippen molar-refractivity contribution in [3.63, 3.8) is 0 Å². The number of hydrogen-bond acceptors (Lipinski definition) is 3. The number of carbonyl (C=O) groups is 2. The van der Waals surface area contributed by atoms with Gasteiger partial charge in [-0.1, -0.05) is 12.1 Å². The average Bonchev–Trinajstić information content (AvgIpc) is 3.23. The predicted octanol–water partition coefficient (Wildman–Crippen LogP) is 2.17. The third-order valence-electron chi connectivity index (χ3n) is 3.07. The zero-order valence-corrected chi connectivity index (χ0v) is 11.3. The zero-order chi connectivity index (χ0) is 14.5. The van der Waals surface area contributed by atoms with E-state index in [0.29, 0.717) is 24.0 Å². The molecule has 0 aromatic heterocycles. The molecule has 2 rings (SSSR count). The molecule has 0 aliphatic heterocycles. The number of nitrogens with one attached hydrogen (secondary N) is 1. The molecule has 1 aliphatic carbocycles. The third-order valence-corrected chi connectivity index (χ3v) is 3.07. The molecule has 1 fully saturated rings. The normalized spacial score (nSPS) is 13.7. The van der Waals surface area contributed by atoms with Crippen molar-refractivity contribution in [2.24, 2.45) is 0 Å². The Balaban J connectivity index is 2.04. The Morgan fingerprint density at radius 3 is 2.70 bits per heavy atom. The van der Waals surface area contributed by atoms with Crippen LogP contribution in [0.1, 0.15) is 19.8 Å². The molecule has 0 spiro atoms. The Hall–Kier alpha value is -2.24. The van der Waals surface area contributed by atoms with Gasteiger partial charge in [0.1, 0.15) is 5.75 Å². The highest BCUT2D eigenvalue weighted by Gasteiger charge is 2.31. The fourth-order valence-corrected chi connectivity index (χ4v) is 1.98. The number of anilines is 1. The third kappa shape index (κ3) is 3.63. The van der Waals surface area contributed by atoms with Gasteiger partial charge in [0.2, 0.25) is 0 Å². The van der Waals surface area contributed by atoms with Crippen molar-refractivity contribution >= 4 is 17.7 Å². The summed E-state index contributed by atoms with van der Waals surface area (Å²) < 4.78 is 5.16. The molecule has 0 atom stereocenters. The predicted molar refractivity (Wildman–Crippen MR) is 74.0 cm³/mol. The lowest BCUT2D eigenvalue weighted by Gasteiger charge is -2.21. The zero-order valence-electron chi connectivity index (χ0n) is 11.3. The molecule has 108 valence electrons. The first kappa shape index (κ1) is 14.2. The number of rotatable bonds is 6. The van der Waals surface area contributed by atoms with E-state index in [1.807, 2.05) is 6.92 Å². The summed E-state index contributed by atoms with van der Waals surface area (Å²) in [6, 6.07) is 6.96. The minimum Gasteiger partial charge on any atom is -0.480 e. The van der Waals surface area contributed by atoms with Crippen LogP contribution in [0, 0.1) is 0 Å². The number of carbonyl (C=O) groups excluding carboxylic acids is 1. The van der Waals surface area contributed by atoms with Crippen molar-refractivity contribution in [3.8, 4) is 5.75 Å². The molecule has 6 nitrogen and oxygen atoms in total. The Morgan fingerprint density at radius 1 is 1.40 bits per heavy atom. The van der Waals surface area contributed by atoms with Crippen LogP contribution in [-0.4, -0.2) is 41.2 Å². The van der Waals surface area contributed by atoms with Crippen LogP contribution in [0.2, 0.25) is 0 Å². The van der Waals surface area contributed by atoms with Crippen LogP contribution in [0.3, 0.4) is 0 Å². The van der Waals surface area contributed by atoms with Gasteiger partial charge in [0.25, 0.3) is 0 Å². The van der Waals surface area contributed by atoms with Crippen LogP contribution in [0.25, 0.3) is 0 Å². The minimum absolute atomic E-state index is 0.179. The number of para-hydroxylation sites is 2. The van der Waals surface area contributed by atoms with Crippen LogP contribution < -0.4 is 10.1 Å². The Labute approximate surface area is 117 Å². The van der Waals surface area contributed by atoms with Crippen LogP contribution >= 0.6 is 0 Å². The van der Waals surface area contributed by atoms with Gasteiger partial charge in [0.05, 0.1) is 5.69 Å². The van der Waals surface area contributed by atoms with Crippen molar-refractivity contribution in [1.29, 1.82) is 0 Å². The highest BCUT2D eigenvalue weighted by atomic mass is 16.5. The van der Waals surface area contributed by atoms with Gasteiger partial charge >= 0.3 is 12.0 Å². The lowest BCUT2D eigenvalue weighted by atomic mass is 10.3. The quantitative estimate of drug-likeness (QED) is 0.835. The van der Waals surface area contributed by atoms with Gasteiger partial charge in [-0.15, -0.1) is 0 Å². The Morgan fingerprint density at radius 2 is 2.10 bits per heavy atom. The molecular weight excluding hydrogens is 260 g/mol. The summed E-state index contributed by atoms with van der Waals surface area (Å²) in [5.41, 5.74) is 0.484. The second-order valence-electron chi connectivity index (χ2n) is 4.63. The maximum Gasteiger partial charge on any atom is 0.341 e. The van der Waals surface area contributed by atoms with E-state index in [4.69, 9.17) is 9.84 Å². The van der Waals surface area contributed by atoms with Gasteiger partial charge < -0.3 is 20.1 Å². The summed E-state index contributed by atoms with van der Waals surface area (Å²) >= 11 is 0. The van der Waals surface area contributed by atoms with Gasteiger partial charge in [-0.05, 0) is 31.9 Å². The van der Waals surface area contributed by atoms with E-state index in [2.05, 4.69) is 5.32 Å². The first-order valence-electron chi connectivity index (χ1n) is 6.63. The molecule has 0 radical (unpaired) electrons. The molecule has 1 aromatic rings. The van der Waals surface area contributed by atoms with E-state index in [-0.39, 0.29) is 6.03 Å². The molecule has 1 aliphatic rings. The summed E-state index contributed by atoms with van der Waals surface area (Å²) in [4.78, 5) is 24.5. The number of amides is 2. The van der Waals surface area contributed by atoms with Gasteiger partial charge in [-0.25, -0.2) is 9.59 Å². The smallest absolute Gasteiger partial charge is 0.341 e. The number of carboxylic acid groups (broad SMARTS) is 1. The fourth-order valence-electron chi connectivity index (χ4n) is 1.98. The van der Waals surface area contributed by atoms with Crippen LogP contribution in [-0.2, 0) is 4.79 Å². The molecule has 1 aromatic carbocycles. The number of urea groups is 1. The summed E-state index contributed by atoms with van der Waals surface area (Å²) in [6.07, 6.45) is 2.08. The second kappa shape index (κ2) is 6.27. The first-order chi connectivity index (χ1) is 9.61. The van der Waals surface area contributed by atoms with E-state index in [9.17, 15) is 9.59 Å². The molecular formula is C14H18N2O4. The highest BCUT2D eigenvalue weighted by molar-refractivity contribution is 5.91. The summed E-state index contributed by atoms with van der Waals surface area (Å²) in [5, 5.41) is 11.4. The van der Waals surface area contributed by atoms with Crippen molar-refractivity contribution in [3.05, 3.63) is 24.3 Å². The molecule has 6 heteroatoms. The van der Waals surface area contributed by atoms with E-state index in [1.165, 1.54) is 0 Å². The number of aliphatic carboxylic acids is 1. The molecule has 0 unspecified atom stereocenters. The van der Waals surface area contributed by atoms with Gasteiger partial charge in [0.15, 0.2) is 6.61 Å². The maximum atomic E-state index is 12.2. The monoisotopic (exact) mass is 278 g/mol. The molecule has 2 amide bonds. The van der Waals surface area contributed by atoms with Crippen molar-refractivity contribution in [2.45, 2.75) is 25.8 Å². The molecule has 1 saturated carbocycles. The van der Waals surface area contributed by atoms with Crippen molar-refractivity contribution < 1.29 is 19.4 Å². The topological polar surface area (TPSA) is 78.9 Å². The lowest BCUT2D eigenvalue weighted by Crippen LogP contribution is -2.36. The molecule has 20 heavy (non-hydrogen) atoms. The van der Waals surface area contributed by atoms with E-state index in [1.54, 1.807) is 29.2 Å². The van der Waals surface area contributed by atoms with Crippen LogP contribution in [0.15, 0.2) is 24.3 Å². The Kier molecular flexibility index (Phi) is 4.45. The maximum absolute atomic E-state index is 12.2. The number of hydrogen-bond donors (Lipinski definition) is 2. The molecule has 0 bridgehead atoms. The highest BCUT2D eigenvalue weighted by Crippen LogP contribution is 2.29. The fraction of sp³-hybridized carbons (Fsp3) is 0.429. The van der Waals surface area contributed by atoms with E-state index >= 15 is 0 Å². The lowest BCUT2D eigenvalue weighted by molar-refractivity contribution is -0.139. The van der Waals surface area contributed by atoms with Gasteiger partial charge in [0, 0.05) is 12.6 Å². The number of nitrogens with zero attached hydrogens (tertiary/aromatic N) is 1. The minimum atomic E-state index is -1.06. The summed E-state index contributed by atoms with van der Waals surface area (Å²) in [5.74, 6) is -0.700. The van der Waals surface area contributed by atoms with Gasteiger partial charge in [-0.2, -0.15) is 0 Å².